The molecule has 1 aliphatic rings. The van der Waals surface area contributed by atoms with Crippen molar-refractivity contribution in [3.63, 3.8) is 0 Å². The highest BCUT2D eigenvalue weighted by molar-refractivity contribution is 14.1. The van der Waals surface area contributed by atoms with Crippen LogP contribution in [0.4, 0.5) is 4.39 Å². The minimum atomic E-state index is -0.0589. The van der Waals surface area contributed by atoms with Gasteiger partial charge in [0.05, 0.1) is 13.2 Å². The molecule has 0 amide bonds. The molecular weight excluding hydrogens is 270 g/mol. The Balaban J connectivity index is 2.54. The lowest BCUT2D eigenvalue weighted by atomic mass is 10.0. The Morgan fingerprint density at radius 2 is 2.25 bits per heavy atom. The Kier molecular flexibility index (Phi) is 2.32. The molecule has 1 nitrogen and oxygen atoms in total. The fraction of sp³-hybridized carbons (Fsp3) is 0.333. The first-order chi connectivity index (χ1) is 5.79. The monoisotopic (exact) mass is 278 g/mol. The van der Waals surface area contributed by atoms with Crippen LogP contribution in [0.2, 0.25) is 0 Å². The van der Waals surface area contributed by atoms with Gasteiger partial charge in [-0.15, -0.1) is 0 Å². The number of rotatable bonds is 0. The standard InChI is InChI=1S/C9H8FIO/c10-9-7-3-4-12-5-6(7)1-2-8(9)11/h1-2H,3-5H2. The topological polar surface area (TPSA) is 9.23 Å². The maximum atomic E-state index is 13.4. The third kappa shape index (κ3) is 1.35. The van der Waals surface area contributed by atoms with E-state index < -0.39 is 0 Å². The molecule has 3 heteroatoms. The predicted molar refractivity (Wildman–Crippen MR) is 52.5 cm³/mol. The van der Waals surface area contributed by atoms with Crippen molar-refractivity contribution in [2.75, 3.05) is 6.61 Å². The van der Waals surface area contributed by atoms with Gasteiger partial charge in [0.1, 0.15) is 5.82 Å². The first kappa shape index (κ1) is 8.44. The lowest BCUT2D eigenvalue weighted by molar-refractivity contribution is 0.109. The smallest absolute Gasteiger partial charge is 0.140 e. The van der Waals surface area contributed by atoms with Gasteiger partial charge in [-0.1, -0.05) is 6.07 Å². The lowest BCUT2D eigenvalue weighted by Gasteiger charge is -2.17. The average molecular weight is 278 g/mol. The molecule has 0 unspecified atom stereocenters. The normalized spacial score (nSPS) is 15.8. The van der Waals surface area contributed by atoms with Crippen LogP contribution in [-0.2, 0) is 17.8 Å². The number of benzene rings is 1. The lowest BCUT2D eigenvalue weighted by Crippen LogP contribution is -2.12. The summed E-state index contributed by atoms with van der Waals surface area (Å²) in [6.45, 7) is 1.20. The summed E-state index contributed by atoms with van der Waals surface area (Å²) in [5, 5.41) is 0. The first-order valence-corrected chi connectivity index (χ1v) is 4.90. The van der Waals surface area contributed by atoms with E-state index in [0.717, 1.165) is 11.1 Å². The highest BCUT2D eigenvalue weighted by atomic mass is 127. The van der Waals surface area contributed by atoms with Crippen LogP contribution in [0.1, 0.15) is 11.1 Å². The van der Waals surface area contributed by atoms with Gasteiger partial charge in [-0.3, -0.25) is 0 Å². The molecule has 12 heavy (non-hydrogen) atoms. The van der Waals surface area contributed by atoms with Gasteiger partial charge in [0, 0.05) is 3.57 Å². The van der Waals surface area contributed by atoms with E-state index in [2.05, 4.69) is 0 Å². The van der Waals surface area contributed by atoms with E-state index in [0.29, 0.717) is 23.2 Å². The SMILES string of the molecule is Fc1c(I)ccc2c1CCOC2. The molecule has 1 aliphatic heterocycles. The zero-order valence-corrected chi connectivity index (χ0v) is 8.60. The fourth-order valence-electron chi connectivity index (χ4n) is 1.39. The fourth-order valence-corrected chi connectivity index (χ4v) is 1.90. The van der Waals surface area contributed by atoms with Crippen LogP contribution < -0.4 is 0 Å². The molecule has 0 atom stereocenters. The summed E-state index contributed by atoms with van der Waals surface area (Å²) < 4.78 is 19.3. The summed E-state index contributed by atoms with van der Waals surface area (Å²) in [6, 6.07) is 3.74. The van der Waals surface area contributed by atoms with Crippen LogP contribution in [0.3, 0.4) is 0 Å². The molecule has 0 saturated carbocycles. The molecule has 1 aromatic carbocycles. The van der Waals surface area contributed by atoms with Gasteiger partial charge in [-0.25, -0.2) is 4.39 Å². The summed E-state index contributed by atoms with van der Waals surface area (Å²) in [6.07, 6.45) is 0.706. The van der Waals surface area contributed by atoms with Gasteiger partial charge in [0.25, 0.3) is 0 Å². The number of hydrogen-bond acceptors (Lipinski definition) is 1. The number of fused-ring (bicyclic) bond motifs is 1. The second-order valence-electron chi connectivity index (χ2n) is 2.80. The third-order valence-electron chi connectivity index (χ3n) is 2.05. The Labute approximate surface area is 84.1 Å². The minimum Gasteiger partial charge on any atom is -0.376 e. The highest BCUT2D eigenvalue weighted by Gasteiger charge is 2.15. The summed E-state index contributed by atoms with van der Waals surface area (Å²) in [4.78, 5) is 0. The van der Waals surface area contributed by atoms with Gasteiger partial charge in [-0.05, 0) is 46.2 Å². The van der Waals surface area contributed by atoms with Crippen molar-refractivity contribution >= 4 is 22.6 Å². The molecule has 2 rings (SSSR count). The van der Waals surface area contributed by atoms with Crippen molar-refractivity contribution < 1.29 is 9.13 Å². The Morgan fingerprint density at radius 3 is 3.08 bits per heavy atom. The quantitative estimate of drug-likeness (QED) is 0.662. The summed E-state index contributed by atoms with van der Waals surface area (Å²) in [5.74, 6) is -0.0589. The van der Waals surface area contributed by atoms with E-state index in [1.165, 1.54) is 0 Å². The predicted octanol–water partition coefficient (Wildman–Crippen LogP) is 2.50. The van der Waals surface area contributed by atoms with Crippen molar-refractivity contribution in [2.24, 2.45) is 0 Å². The molecule has 0 fully saturated rings. The van der Waals surface area contributed by atoms with Crippen molar-refractivity contribution in [3.05, 3.63) is 32.6 Å². The summed E-state index contributed by atoms with van der Waals surface area (Å²) in [7, 11) is 0. The van der Waals surface area contributed by atoms with Gasteiger partial charge >= 0.3 is 0 Å². The maximum Gasteiger partial charge on any atom is 0.140 e. The molecule has 1 heterocycles. The van der Waals surface area contributed by atoms with E-state index in [1.54, 1.807) is 6.07 Å². The highest BCUT2D eigenvalue weighted by Crippen LogP contribution is 2.23. The number of ether oxygens (including phenoxy) is 1. The molecule has 0 saturated heterocycles. The van der Waals surface area contributed by atoms with Crippen LogP contribution >= 0.6 is 22.6 Å². The molecule has 0 aliphatic carbocycles. The van der Waals surface area contributed by atoms with Crippen LogP contribution in [0.5, 0.6) is 0 Å². The van der Waals surface area contributed by atoms with E-state index in [-0.39, 0.29) is 5.82 Å². The largest absolute Gasteiger partial charge is 0.376 e. The minimum absolute atomic E-state index is 0.0589. The molecule has 1 aromatic rings. The molecule has 0 N–H and O–H groups in total. The average Bonchev–Trinajstić information content (AvgIpc) is 2.12. The molecular formula is C9H8FIO. The molecule has 0 spiro atoms. The van der Waals surface area contributed by atoms with Crippen LogP contribution in [-0.4, -0.2) is 6.61 Å². The van der Waals surface area contributed by atoms with Crippen molar-refractivity contribution in [1.82, 2.24) is 0 Å². The zero-order chi connectivity index (χ0) is 8.55. The Morgan fingerprint density at radius 1 is 1.42 bits per heavy atom. The van der Waals surface area contributed by atoms with E-state index >= 15 is 0 Å². The molecule has 0 bridgehead atoms. The molecule has 64 valence electrons. The summed E-state index contributed by atoms with van der Waals surface area (Å²) >= 11 is 2.01. The second kappa shape index (κ2) is 3.30. The van der Waals surface area contributed by atoms with E-state index in [1.807, 2.05) is 28.7 Å². The van der Waals surface area contributed by atoms with Gasteiger partial charge < -0.3 is 4.74 Å². The van der Waals surface area contributed by atoms with Crippen LogP contribution in [0, 0.1) is 9.39 Å². The van der Waals surface area contributed by atoms with Gasteiger partial charge in [-0.2, -0.15) is 0 Å². The van der Waals surface area contributed by atoms with Crippen LogP contribution in [0.25, 0.3) is 0 Å². The third-order valence-corrected chi connectivity index (χ3v) is 2.88. The first-order valence-electron chi connectivity index (χ1n) is 3.82. The van der Waals surface area contributed by atoms with Crippen LogP contribution in [0.15, 0.2) is 12.1 Å². The Bertz CT molecular complexity index is 312. The van der Waals surface area contributed by atoms with Crippen molar-refractivity contribution in [1.29, 1.82) is 0 Å². The second-order valence-corrected chi connectivity index (χ2v) is 3.96. The summed E-state index contributed by atoms with van der Waals surface area (Å²) in [5.41, 5.74) is 1.84. The number of hydrogen-bond donors (Lipinski definition) is 0. The van der Waals surface area contributed by atoms with Gasteiger partial charge in [0.15, 0.2) is 0 Å². The molecule has 0 radical (unpaired) electrons. The molecule has 0 aromatic heterocycles. The van der Waals surface area contributed by atoms with Gasteiger partial charge in [0.2, 0.25) is 0 Å². The maximum absolute atomic E-state index is 13.4. The van der Waals surface area contributed by atoms with E-state index in [4.69, 9.17) is 4.74 Å². The number of halogens is 2. The van der Waals surface area contributed by atoms with E-state index in [9.17, 15) is 4.39 Å². The van der Waals surface area contributed by atoms with Crippen molar-refractivity contribution in [2.45, 2.75) is 13.0 Å². The van der Waals surface area contributed by atoms with Crippen molar-refractivity contribution in [3.8, 4) is 0 Å². The zero-order valence-electron chi connectivity index (χ0n) is 6.44. The Hall–Kier alpha value is -0.160.